The highest BCUT2D eigenvalue weighted by Crippen LogP contribution is 2.49. The minimum atomic E-state index is 0.0813. The molecule has 0 radical (unpaired) electrons. The van der Waals surface area contributed by atoms with E-state index < -0.39 is 0 Å². The predicted octanol–water partition coefficient (Wildman–Crippen LogP) is 15.1. The van der Waals surface area contributed by atoms with Crippen LogP contribution < -0.4 is 26.2 Å². The molecule has 3 heteroatoms. The Labute approximate surface area is 402 Å². The molecule has 0 unspecified atom stereocenters. The molecule has 68 heavy (non-hydrogen) atoms. The van der Waals surface area contributed by atoms with Crippen molar-refractivity contribution >= 4 is 57.2 Å². The maximum Gasteiger partial charge on any atom is 0.252 e. The lowest BCUT2D eigenvalue weighted by molar-refractivity contribution is 0.686. The summed E-state index contributed by atoms with van der Waals surface area (Å²) in [6.45, 7) is 7.01. The summed E-state index contributed by atoms with van der Waals surface area (Å²) in [7, 11) is 0. The van der Waals surface area contributed by atoms with E-state index in [9.17, 15) is 0 Å². The van der Waals surface area contributed by atoms with Gasteiger partial charge in [-0.15, -0.1) is 0 Å². The summed E-state index contributed by atoms with van der Waals surface area (Å²) in [4.78, 5) is 5.35. The lowest BCUT2D eigenvalue weighted by Crippen LogP contribution is -2.61. The monoisotopic (exact) mass is 874 g/mol. The molecule has 0 spiro atoms. The van der Waals surface area contributed by atoms with E-state index in [0.717, 1.165) is 25.7 Å². The largest absolute Gasteiger partial charge is 0.311 e. The first-order chi connectivity index (χ1) is 33.5. The van der Waals surface area contributed by atoms with E-state index >= 15 is 0 Å². The van der Waals surface area contributed by atoms with Crippen molar-refractivity contribution in [3.63, 3.8) is 0 Å². The van der Waals surface area contributed by atoms with Crippen LogP contribution in [0.3, 0.4) is 0 Å². The molecule has 0 aromatic heterocycles. The summed E-state index contributed by atoms with van der Waals surface area (Å²) in [5, 5.41) is 0. The first-order valence-electron chi connectivity index (χ1n) is 25.0. The van der Waals surface area contributed by atoms with Crippen molar-refractivity contribution in [2.45, 2.75) is 72.1 Å². The zero-order chi connectivity index (χ0) is 45.5. The Balaban J connectivity index is 1.13. The summed E-state index contributed by atoms with van der Waals surface area (Å²) in [6, 6.07) is 69.6. The third-order valence-electron chi connectivity index (χ3n) is 15.8. The minimum Gasteiger partial charge on any atom is -0.311 e. The molecule has 2 heterocycles. The lowest BCUT2D eigenvalue weighted by Gasteiger charge is -2.45. The second-order valence-corrected chi connectivity index (χ2v) is 19.9. The van der Waals surface area contributed by atoms with Crippen LogP contribution in [0, 0.1) is 20.8 Å². The summed E-state index contributed by atoms with van der Waals surface area (Å²) in [6.07, 6.45) is 9.52. The van der Waals surface area contributed by atoms with Crippen LogP contribution in [0.5, 0.6) is 0 Å². The Morgan fingerprint density at radius 2 is 0.647 bits per heavy atom. The van der Waals surface area contributed by atoms with Gasteiger partial charge in [0.05, 0.1) is 0 Å². The van der Waals surface area contributed by atoms with Gasteiger partial charge in [-0.2, -0.15) is 0 Å². The first-order valence-corrected chi connectivity index (χ1v) is 25.0. The van der Waals surface area contributed by atoms with Gasteiger partial charge >= 0.3 is 0 Å². The van der Waals surface area contributed by atoms with Gasteiger partial charge in [-0.3, -0.25) is 0 Å². The minimum absolute atomic E-state index is 0.0813. The van der Waals surface area contributed by atoms with E-state index in [1.807, 2.05) is 0 Å². The molecule has 13 rings (SSSR count). The average molecular weight is 875 g/mol. The molecule has 4 aliphatic rings. The zero-order valence-corrected chi connectivity index (χ0v) is 39.4. The van der Waals surface area contributed by atoms with Crippen LogP contribution in [0.1, 0.15) is 64.6 Å². The summed E-state index contributed by atoms with van der Waals surface area (Å²) < 4.78 is 0. The molecule has 0 saturated carbocycles. The molecule has 9 aromatic rings. The molecule has 0 amide bonds. The fourth-order valence-corrected chi connectivity index (χ4v) is 12.5. The number of fused-ring (bicyclic) bond motifs is 6. The van der Waals surface area contributed by atoms with Gasteiger partial charge in [0.2, 0.25) is 0 Å². The molecule has 0 N–H and O–H groups in total. The Morgan fingerprint density at radius 3 is 0.971 bits per heavy atom. The number of aryl methyl sites for hydroxylation is 5. The Kier molecular flexibility index (Phi) is 9.89. The van der Waals surface area contributed by atoms with Gasteiger partial charge in [-0.1, -0.05) is 133 Å². The number of hydrogen-bond acceptors (Lipinski definition) is 2. The van der Waals surface area contributed by atoms with E-state index in [0.29, 0.717) is 0 Å². The van der Waals surface area contributed by atoms with Crippen molar-refractivity contribution in [2.75, 3.05) is 9.80 Å². The van der Waals surface area contributed by atoms with Gasteiger partial charge in [0.25, 0.3) is 6.71 Å². The fourth-order valence-electron chi connectivity index (χ4n) is 12.5. The molecule has 328 valence electrons. The van der Waals surface area contributed by atoms with E-state index in [-0.39, 0.29) is 6.71 Å². The molecular weight excluding hydrogens is 820 g/mol. The highest BCUT2D eigenvalue weighted by molar-refractivity contribution is 7.00. The molecular formula is C65H55BN2. The van der Waals surface area contributed by atoms with Gasteiger partial charge in [-0.25, -0.2) is 0 Å². The van der Waals surface area contributed by atoms with Gasteiger partial charge in [0.15, 0.2) is 0 Å². The first kappa shape index (κ1) is 40.9. The van der Waals surface area contributed by atoms with Crippen LogP contribution in [0.2, 0.25) is 0 Å². The Bertz CT molecular complexity index is 3080. The van der Waals surface area contributed by atoms with Crippen LogP contribution >= 0.6 is 0 Å². The number of anilines is 6. The number of benzene rings is 9. The molecule has 2 aliphatic carbocycles. The number of nitrogens with zero attached hydrogens (tertiary/aromatic N) is 2. The molecule has 0 bridgehead atoms. The average Bonchev–Trinajstić information content (AvgIpc) is 3.39. The molecule has 9 aromatic carbocycles. The SMILES string of the molecule is Cc1cc2c3c(c1)N(c1cc(-c4ccccc4)c(C)c(-c4ccccc4)c1)c1cc4c(cc1B3c1cc3c(cc1N2c1cc(-c2ccccc2)c(C)c(-c2ccccc2)c1)CCCC3)CCCC4. The normalized spacial score (nSPS) is 14.4. The van der Waals surface area contributed by atoms with Crippen molar-refractivity contribution in [1.82, 2.24) is 0 Å². The maximum atomic E-state index is 2.67. The quantitative estimate of drug-likeness (QED) is 0.154. The number of rotatable bonds is 6. The molecule has 0 atom stereocenters. The van der Waals surface area contributed by atoms with E-state index in [1.165, 1.54) is 160 Å². The van der Waals surface area contributed by atoms with Gasteiger partial charge in [-0.05, 0) is 221 Å². The van der Waals surface area contributed by atoms with Gasteiger partial charge < -0.3 is 9.80 Å². The lowest BCUT2D eigenvalue weighted by atomic mass is 9.33. The van der Waals surface area contributed by atoms with Crippen molar-refractivity contribution in [2.24, 2.45) is 0 Å². The van der Waals surface area contributed by atoms with Crippen molar-refractivity contribution in [3.8, 4) is 44.5 Å². The van der Waals surface area contributed by atoms with Crippen molar-refractivity contribution < 1.29 is 0 Å². The fraction of sp³-hybridized carbons (Fsp3) is 0.169. The van der Waals surface area contributed by atoms with Crippen LogP contribution in [0.25, 0.3) is 44.5 Å². The smallest absolute Gasteiger partial charge is 0.252 e. The molecule has 2 nitrogen and oxygen atoms in total. The third kappa shape index (κ3) is 6.69. The summed E-state index contributed by atoms with van der Waals surface area (Å²) in [5.41, 5.74) is 31.9. The number of hydrogen-bond donors (Lipinski definition) is 0. The van der Waals surface area contributed by atoms with E-state index in [2.05, 4.69) is 213 Å². The molecule has 0 fully saturated rings. The summed E-state index contributed by atoms with van der Waals surface area (Å²) in [5.74, 6) is 0. The second-order valence-electron chi connectivity index (χ2n) is 19.9. The van der Waals surface area contributed by atoms with Gasteiger partial charge in [0.1, 0.15) is 0 Å². The standard InChI is InChI=1S/C65H55BN2/c1-42-32-63-65-64(33-42)68(54-40-57(47-24-12-6-13-25-47)44(3)58(41-54)48-26-14-7-15-27-48)62-37-52-31-19-17-29-50(52)35-60(62)66(65)59-34-49-28-16-18-30-51(49)36-61(59)67(63)53-38-55(45-20-8-4-9-21-45)43(2)56(39-53)46-22-10-5-11-23-46/h4-15,20-27,32-41H,16-19,28-31H2,1-3H3. The highest BCUT2D eigenvalue weighted by atomic mass is 15.2. The van der Waals surface area contributed by atoms with Crippen LogP contribution in [-0.4, -0.2) is 6.71 Å². The van der Waals surface area contributed by atoms with Crippen molar-refractivity contribution in [1.29, 1.82) is 0 Å². The summed E-state index contributed by atoms with van der Waals surface area (Å²) >= 11 is 0. The van der Waals surface area contributed by atoms with E-state index in [4.69, 9.17) is 0 Å². The second kappa shape index (κ2) is 16.5. The highest BCUT2D eigenvalue weighted by Gasteiger charge is 2.45. The zero-order valence-electron chi connectivity index (χ0n) is 39.4. The Hall–Kier alpha value is -7.36. The van der Waals surface area contributed by atoms with Crippen LogP contribution in [-0.2, 0) is 25.7 Å². The predicted molar refractivity (Wildman–Crippen MR) is 290 cm³/mol. The van der Waals surface area contributed by atoms with Crippen LogP contribution in [0.15, 0.2) is 182 Å². The van der Waals surface area contributed by atoms with Crippen LogP contribution in [0.4, 0.5) is 34.1 Å². The van der Waals surface area contributed by atoms with E-state index in [1.54, 1.807) is 0 Å². The van der Waals surface area contributed by atoms with Gasteiger partial charge in [0, 0.05) is 34.1 Å². The Morgan fingerprint density at radius 1 is 0.338 bits per heavy atom. The molecule has 2 aliphatic heterocycles. The maximum absolute atomic E-state index is 2.67. The molecule has 0 saturated heterocycles. The third-order valence-corrected chi connectivity index (χ3v) is 15.8. The topological polar surface area (TPSA) is 6.48 Å². The van der Waals surface area contributed by atoms with Crippen molar-refractivity contribution in [3.05, 3.63) is 221 Å².